The topological polar surface area (TPSA) is 72.2 Å². The van der Waals surface area contributed by atoms with E-state index in [1.165, 1.54) is 12.1 Å². The van der Waals surface area contributed by atoms with E-state index in [1.54, 1.807) is 19.9 Å². The highest BCUT2D eigenvalue weighted by Crippen LogP contribution is 2.35. The minimum absolute atomic E-state index is 0.0432. The molecule has 0 amide bonds. The summed E-state index contributed by atoms with van der Waals surface area (Å²) in [6, 6.07) is 6.95. The Labute approximate surface area is 151 Å². The van der Waals surface area contributed by atoms with Crippen LogP contribution in [0.2, 0.25) is 0 Å². The monoisotopic (exact) mass is 402 g/mol. The number of nitrogens with one attached hydrogen (secondary N) is 1. The van der Waals surface area contributed by atoms with E-state index in [2.05, 4.69) is 9.88 Å². The minimum atomic E-state index is -4.56. The lowest BCUT2D eigenvalue weighted by atomic mass is 10.2. The molecule has 5 nitrogen and oxygen atoms in total. The second-order valence-electron chi connectivity index (χ2n) is 5.52. The Morgan fingerprint density at radius 2 is 1.88 bits per heavy atom. The third-order valence-corrected chi connectivity index (χ3v) is 6.63. The molecule has 3 rings (SSSR count). The lowest BCUT2D eigenvalue weighted by Gasteiger charge is -2.10. The summed E-state index contributed by atoms with van der Waals surface area (Å²) in [5.74, 6) is 0.466. The molecule has 3 aromatic rings. The van der Waals surface area contributed by atoms with Crippen LogP contribution in [0.3, 0.4) is 0 Å². The smallest absolute Gasteiger partial charge is 0.355 e. The molecule has 2 heterocycles. The van der Waals surface area contributed by atoms with E-state index in [4.69, 9.17) is 4.52 Å². The number of rotatable bonds is 4. The third kappa shape index (κ3) is 3.61. The van der Waals surface area contributed by atoms with Crippen molar-refractivity contribution < 1.29 is 26.1 Å². The van der Waals surface area contributed by atoms with E-state index in [1.807, 2.05) is 0 Å². The Hall–Kier alpha value is -2.33. The van der Waals surface area contributed by atoms with Gasteiger partial charge in [0.2, 0.25) is 0 Å². The predicted octanol–water partition coefficient (Wildman–Crippen LogP) is 4.84. The Bertz CT molecular complexity index is 1050. The molecule has 0 unspecified atom stereocenters. The van der Waals surface area contributed by atoms with E-state index >= 15 is 0 Å². The lowest BCUT2D eigenvalue weighted by Crippen LogP contribution is -2.12. The van der Waals surface area contributed by atoms with Crippen molar-refractivity contribution in [3.8, 4) is 10.6 Å². The minimum Gasteiger partial charge on any atom is -0.355 e. The molecule has 10 heteroatoms. The van der Waals surface area contributed by atoms with Crippen molar-refractivity contribution in [1.82, 2.24) is 5.16 Å². The van der Waals surface area contributed by atoms with Crippen LogP contribution in [0.1, 0.15) is 16.8 Å². The van der Waals surface area contributed by atoms with E-state index in [0.29, 0.717) is 16.3 Å². The van der Waals surface area contributed by atoms with Gasteiger partial charge in [-0.15, -0.1) is 11.3 Å². The first-order valence-electron chi connectivity index (χ1n) is 7.31. The first-order valence-corrected chi connectivity index (χ1v) is 9.61. The molecule has 0 saturated heterocycles. The van der Waals surface area contributed by atoms with Crippen LogP contribution in [0.4, 0.5) is 18.9 Å². The second kappa shape index (κ2) is 6.44. The number of halogens is 3. The highest BCUT2D eigenvalue weighted by Gasteiger charge is 2.31. The van der Waals surface area contributed by atoms with Gasteiger partial charge in [0, 0.05) is 11.3 Å². The average molecular weight is 402 g/mol. The van der Waals surface area contributed by atoms with Gasteiger partial charge < -0.3 is 4.52 Å². The van der Waals surface area contributed by atoms with Crippen LogP contribution in [0.25, 0.3) is 10.6 Å². The number of nitrogens with zero attached hydrogens (tertiary/aromatic N) is 1. The maximum atomic E-state index is 12.8. The summed E-state index contributed by atoms with van der Waals surface area (Å²) < 4.78 is 70.6. The van der Waals surface area contributed by atoms with Crippen molar-refractivity contribution in [1.29, 1.82) is 0 Å². The number of hydrogen-bond acceptors (Lipinski definition) is 5. The van der Waals surface area contributed by atoms with Gasteiger partial charge in [0.15, 0.2) is 5.76 Å². The maximum absolute atomic E-state index is 12.8. The molecule has 1 aromatic carbocycles. The number of anilines is 1. The van der Waals surface area contributed by atoms with Crippen molar-refractivity contribution in [2.45, 2.75) is 24.2 Å². The van der Waals surface area contributed by atoms with Gasteiger partial charge in [-0.05, 0) is 44.2 Å². The van der Waals surface area contributed by atoms with Gasteiger partial charge in [0.1, 0.15) is 4.21 Å². The number of benzene rings is 1. The molecule has 0 spiro atoms. The van der Waals surface area contributed by atoms with Gasteiger partial charge in [-0.3, -0.25) is 4.72 Å². The summed E-state index contributed by atoms with van der Waals surface area (Å²) in [7, 11) is -4.03. The highest BCUT2D eigenvalue weighted by molar-refractivity contribution is 7.94. The van der Waals surface area contributed by atoms with Gasteiger partial charge in [-0.1, -0.05) is 11.2 Å². The fraction of sp³-hybridized carbons (Fsp3) is 0.188. The Morgan fingerprint density at radius 3 is 2.50 bits per heavy atom. The van der Waals surface area contributed by atoms with Crippen molar-refractivity contribution in [3.63, 3.8) is 0 Å². The molecule has 0 bridgehead atoms. The zero-order valence-corrected chi connectivity index (χ0v) is 15.2. The van der Waals surface area contributed by atoms with Crippen molar-refractivity contribution in [2.75, 3.05) is 4.72 Å². The predicted molar refractivity (Wildman–Crippen MR) is 91.5 cm³/mol. The Balaban J connectivity index is 1.89. The molecule has 0 fully saturated rings. The summed E-state index contributed by atoms with van der Waals surface area (Å²) in [4.78, 5) is 0.563. The van der Waals surface area contributed by atoms with Crippen LogP contribution in [0.5, 0.6) is 0 Å². The quantitative estimate of drug-likeness (QED) is 0.678. The van der Waals surface area contributed by atoms with E-state index < -0.39 is 21.8 Å². The van der Waals surface area contributed by atoms with E-state index in [0.717, 1.165) is 35.1 Å². The summed E-state index contributed by atoms with van der Waals surface area (Å²) in [6.07, 6.45) is -4.56. The summed E-state index contributed by atoms with van der Waals surface area (Å²) in [5, 5.41) is 3.82. The van der Waals surface area contributed by atoms with Crippen LogP contribution in [-0.2, 0) is 16.2 Å². The van der Waals surface area contributed by atoms with Gasteiger partial charge in [0.25, 0.3) is 10.0 Å². The van der Waals surface area contributed by atoms with Crippen molar-refractivity contribution >= 4 is 27.0 Å². The zero-order valence-electron chi connectivity index (χ0n) is 13.6. The summed E-state index contributed by atoms with van der Waals surface area (Å²) >= 11 is 0.943. The van der Waals surface area contributed by atoms with Gasteiger partial charge in [0.05, 0.1) is 16.1 Å². The first kappa shape index (κ1) is 18.5. The Kier molecular flexibility index (Phi) is 4.57. The molecule has 0 radical (unpaired) electrons. The van der Waals surface area contributed by atoms with E-state index in [-0.39, 0.29) is 9.90 Å². The van der Waals surface area contributed by atoms with Crippen LogP contribution < -0.4 is 4.72 Å². The number of aryl methyl sites for hydroxylation is 1. The number of aromatic nitrogens is 1. The average Bonchev–Trinajstić information content (AvgIpc) is 3.15. The van der Waals surface area contributed by atoms with Crippen LogP contribution >= 0.6 is 11.3 Å². The van der Waals surface area contributed by atoms with Crippen LogP contribution in [0, 0.1) is 13.8 Å². The number of alkyl halides is 3. The first-order chi connectivity index (χ1) is 12.1. The SMILES string of the molecule is Cc1noc(-c2ccc(S(=O)(=O)Nc3cccc(C(F)(F)F)c3)s2)c1C. The molecule has 0 aliphatic heterocycles. The molecule has 1 N–H and O–H groups in total. The molecule has 138 valence electrons. The summed E-state index contributed by atoms with van der Waals surface area (Å²) in [6.45, 7) is 3.57. The molecule has 0 aliphatic rings. The van der Waals surface area contributed by atoms with E-state index in [9.17, 15) is 21.6 Å². The summed E-state index contributed by atoms with van der Waals surface area (Å²) in [5.41, 5.74) is 0.389. The van der Waals surface area contributed by atoms with Crippen molar-refractivity contribution in [2.24, 2.45) is 0 Å². The maximum Gasteiger partial charge on any atom is 0.416 e. The number of hydrogen-bond donors (Lipinski definition) is 1. The molecule has 0 aliphatic carbocycles. The molecule has 2 aromatic heterocycles. The molecular formula is C16H13F3N2O3S2. The highest BCUT2D eigenvalue weighted by atomic mass is 32.2. The fourth-order valence-corrected chi connectivity index (χ4v) is 4.59. The standard InChI is InChI=1S/C16H13F3N2O3S2/c1-9-10(2)20-24-15(9)13-6-7-14(25-13)26(22,23)21-12-5-3-4-11(8-12)16(17,18)19/h3-8,21H,1-2H3. The van der Waals surface area contributed by atoms with Crippen LogP contribution in [0.15, 0.2) is 45.1 Å². The van der Waals surface area contributed by atoms with Gasteiger partial charge in [-0.2, -0.15) is 13.2 Å². The van der Waals surface area contributed by atoms with Crippen molar-refractivity contribution in [3.05, 3.63) is 53.2 Å². The molecular weight excluding hydrogens is 389 g/mol. The van der Waals surface area contributed by atoms with Gasteiger partial charge >= 0.3 is 6.18 Å². The third-order valence-electron chi connectivity index (χ3n) is 3.67. The molecule has 26 heavy (non-hydrogen) atoms. The normalized spacial score (nSPS) is 12.3. The Morgan fingerprint density at radius 1 is 1.15 bits per heavy atom. The number of sulfonamides is 1. The van der Waals surface area contributed by atoms with Crippen LogP contribution in [-0.4, -0.2) is 13.6 Å². The zero-order chi connectivity index (χ0) is 19.1. The molecule has 0 saturated carbocycles. The number of thiophene rings is 1. The fourth-order valence-electron chi connectivity index (χ4n) is 2.20. The van der Waals surface area contributed by atoms with Gasteiger partial charge in [-0.25, -0.2) is 8.42 Å². The lowest BCUT2D eigenvalue weighted by molar-refractivity contribution is -0.137. The molecule has 0 atom stereocenters. The second-order valence-corrected chi connectivity index (χ2v) is 8.52. The largest absolute Gasteiger partial charge is 0.416 e.